The average molecular weight is 390 g/mol. The molecule has 19 heavy (non-hydrogen) atoms. The van der Waals surface area contributed by atoms with Crippen molar-refractivity contribution in [2.45, 2.75) is 18.8 Å². The fourth-order valence-corrected chi connectivity index (χ4v) is 2.93. The number of aromatic nitrogens is 3. The fourth-order valence-electron chi connectivity index (χ4n) is 2.00. The maximum absolute atomic E-state index is 11.2. The van der Waals surface area contributed by atoms with Gasteiger partial charge < -0.3 is 5.11 Å². The second kappa shape index (κ2) is 4.75. The number of aromatic carboxylic acids is 1. The van der Waals surface area contributed by atoms with Crippen LogP contribution in [0.15, 0.2) is 18.2 Å². The van der Waals surface area contributed by atoms with Crippen LogP contribution in [0, 0.1) is 3.57 Å². The normalized spacial score (nSPS) is 14.6. The smallest absolute Gasteiger partial charge is 0.358 e. The molecule has 1 saturated carbocycles. The maximum atomic E-state index is 11.2. The minimum Gasteiger partial charge on any atom is -0.476 e. The van der Waals surface area contributed by atoms with E-state index in [1.54, 1.807) is 4.68 Å². The van der Waals surface area contributed by atoms with E-state index in [0.717, 1.165) is 16.4 Å². The Morgan fingerprint density at radius 2 is 2.21 bits per heavy atom. The number of carboxylic acids is 1. The zero-order valence-electron chi connectivity index (χ0n) is 9.68. The highest BCUT2D eigenvalue weighted by molar-refractivity contribution is 14.1. The summed E-state index contributed by atoms with van der Waals surface area (Å²) in [4.78, 5) is 11.2. The van der Waals surface area contributed by atoms with E-state index in [-0.39, 0.29) is 11.6 Å². The van der Waals surface area contributed by atoms with E-state index in [1.165, 1.54) is 0 Å². The van der Waals surface area contributed by atoms with E-state index in [1.807, 2.05) is 18.2 Å². The summed E-state index contributed by atoms with van der Waals surface area (Å²) < 4.78 is 2.57. The molecule has 0 spiro atoms. The highest BCUT2D eigenvalue weighted by Crippen LogP contribution is 2.42. The van der Waals surface area contributed by atoms with Crippen molar-refractivity contribution in [3.05, 3.63) is 38.2 Å². The minimum absolute atomic E-state index is 0.0251. The van der Waals surface area contributed by atoms with Gasteiger partial charge in [0.15, 0.2) is 5.69 Å². The molecular formula is C12H9ClIN3O2. The number of hydrogen-bond acceptors (Lipinski definition) is 3. The molecule has 1 fully saturated rings. The molecular weight excluding hydrogens is 381 g/mol. The summed E-state index contributed by atoms with van der Waals surface area (Å²) in [5.41, 5.74) is 1.34. The van der Waals surface area contributed by atoms with Crippen LogP contribution in [0.25, 0.3) is 5.69 Å². The van der Waals surface area contributed by atoms with Gasteiger partial charge in [0.2, 0.25) is 0 Å². The van der Waals surface area contributed by atoms with Gasteiger partial charge in [-0.15, -0.1) is 5.10 Å². The number of nitrogens with zero attached hydrogens (tertiary/aromatic N) is 3. The first-order valence-corrected chi connectivity index (χ1v) is 7.18. The highest BCUT2D eigenvalue weighted by Gasteiger charge is 2.34. The van der Waals surface area contributed by atoms with Crippen LogP contribution in [0.5, 0.6) is 0 Å². The van der Waals surface area contributed by atoms with E-state index in [9.17, 15) is 4.79 Å². The molecule has 3 rings (SSSR count). The van der Waals surface area contributed by atoms with Gasteiger partial charge in [0.25, 0.3) is 0 Å². The van der Waals surface area contributed by atoms with Crippen LogP contribution in [0.2, 0.25) is 5.02 Å². The molecule has 1 N–H and O–H groups in total. The quantitative estimate of drug-likeness (QED) is 0.819. The molecule has 2 aromatic rings. The first-order chi connectivity index (χ1) is 9.08. The zero-order valence-corrected chi connectivity index (χ0v) is 12.6. The first-order valence-electron chi connectivity index (χ1n) is 5.72. The Hall–Kier alpha value is -1.15. The summed E-state index contributed by atoms with van der Waals surface area (Å²) in [5, 5.41) is 17.4. The molecule has 5 nitrogen and oxygen atoms in total. The van der Waals surface area contributed by atoms with Gasteiger partial charge in [-0.3, -0.25) is 0 Å². The van der Waals surface area contributed by atoms with E-state index in [2.05, 4.69) is 32.9 Å². The van der Waals surface area contributed by atoms with Crippen LogP contribution in [0.3, 0.4) is 0 Å². The maximum Gasteiger partial charge on any atom is 0.358 e. The van der Waals surface area contributed by atoms with Crippen molar-refractivity contribution in [3.63, 3.8) is 0 Å². The molecule has 0 saturated heterocycles. The molecule has 1 aromatic heterocycles. The van der Waals surface area contributed by atoms with E-state index in [4.69, 9.17) is 16.7 Å². The topological polar surface area (TPSA) is 68.0 Å². The number of rotatable bonds is 3. The largest absolute Gasteiger partial charge is 0.476 e. The zero-order chi connectivity index (χ0) is 13.6. The van der Waals surface area contributed by atoms with Gasteiger partial charge in [-0.1, -0.05) is 16.8 Å². The Morgan fingerprint density at radius 1 is 1.47 bits per heavy atom. The second-order valence-electron chi connectivity index (χ2n) is 4.41. The molecule has 1 aliphatic rings. The van der Waals surface area contributed by atoms with Gasteiger partial charge in [0.1, 0.15) is 0 Å². The predicted octanol–water partition coefficient (Wildman–Crippen LogP) is 3.10. The number of carbonyl (C=O) groups is 1. The van der Waals surface area contributed by atoms with E-state index >= 15 is 0 Å². The molecule has 7 heteroatoms. The van der Waals surface area contributed by atoms with Crippen molar-refractivity contribution in [3.8, 4) is 5.69 Å². The SMILES string of the molecule is O=C(O)c1nnn(-c2ccc(I)cc2Cl)c1C1CC1. The lowest BCUT2D eigenvalue weighted by Gasteiger charge is -2.08. The molecule has 0 aliphatic heterocycles. The standard InChI is InChI=1S/C12H9ClIN3O2/c13-8-5-7(14)3-4-9(8)17-11(6-1-2-6)10(12(18)19)15-16-17/h3-6H,1-2H2,(H,18,19). The van der Waals surface area contributed by atoms with Crippen molar-refractivity contribution < 1.29 is 9.90 Å². The lowest BCUT2D eigenvalue weighted by atomic mass is 10.2. The summed E-state index contributed by atoms with van der Waals surface area (Å²) in [7, 11) is 0. The van der Waals surface area contributed by atoms with Gasteiger partial charge in [0, 0.05) is 9.49 Å². The van der Waals surface area contributed by atoms with Crippen LogP contribution in [-0.4, -0.2) is 26.1 Å². The van der Waals surface area contributed by atoms with Crippen LogP contribution in [0.4, 0.5) is 0 Å². The number of benzene rings is 1. The molecule has 1 heterocycles. The van der Waals surface area contributed by atoms with E-state index < -0.39 is 5.97 Å². The number of halogens is 2. The van der Waals surface area contributed by atoms with Crippen LogP contribution >= 0.6 is 34.2 Å². The average Bonchev–Trinajstić information content (AvgIpc) is 3.08. The molecule has 0 unspecified atom stereocenters. The number of carboxylic acid groups (broad SMARTS) is 1. The summed E-state index contributed by atoms with van der Waals surface area (Å²) in [5.74, 6) is -0.828. The second-order valence-corrected chi connectivity index (χ2v) is 6.06. The first kappa shape index (κ1) is 12.9. The Balaban J connectivity index is 2.17. The predicted molar refractivity (Wildman–Crippen MR) is 78.0 cm³/mol. The Bertz CT molecular complexity index is 667. The van der Waals surface area contributed by atoms with Crippen LogP contribution < -0.4 is 0 Å². The third kappa shape index (κ3) is 2.34. The van der Waals surface area contributed by atoms with Crippen LogP contribution in [-0.2, 0) is 0 Å². The van der Waals surface area contributed by atoms with Gasteiger partial charge in [-0.05, 0) is 53.6 Å². The minimum atomic E-state index is -1.05. The highest BCUT2D eigenvalue weighted by atomic mass is 127. The van der Waals surface area contributed by atoms with Crippen LogP contribution in [0.1, 0.15) is 34.9 Å². The third-order valence-electron chi connectivity index (χ3n) is 3.01. The Morgan fingerprint density at radius 3 is 2.79 bits per heavy atom. The lowest BCUT2D eigenvalue weighted by molar-refractivity contribution is 0.0689. The molecule has 0 radical (unpaired) electrons. The van der Waals surface area contributed by atoms with Gasteiger partial charge in [-0.2, -0.15) is 0 Å². The molecule has 0 amide bonds. The van der Waals surface area contributed by atoms with Crippen molar-refractivity contribution in [2.75, 3.05) is 0 Å². The Kier molecular flexibility index (Phi) is 3.22. The third-order valence-corrected chi connectivity index (χ3v) is 3.98. The Labute approximate surface area is 127 Å². The summed E-state index contributed by atoms with van der Waals surface area (Å²) in [6, 6.07) is 5.55. The van der Waals surface area contributed by atoms with E-state index in [0.29, 0.717) is 16.4 Å². The summed E-state index contributed by atoms with van der Waals surface area (Å²) in [6.07, 6.45) is 1.94. The molecule has 98 valence electrons. The molecule has 0 bridgehead atoms. The fraction of sp³-hybridized carbons (Fsp3) is 0.250. The van der Waals surface area contributed by atoms with Crippen molar-refractivity contribution in [1.82, 2.24) is 15.0 Å². The van der Waals surface area contributed by atoms with Crippen molar-refractivity contribution in [1.29, 1.82) is 0 Å². The van der Waals surface area contributed by atoms with Crippen molar-refractivity contribution >= 4 is 40.2 Å². The monoisotopic (exact) mass is 389 g/mol. The van der Waals surface area contributed by atoms with Gasteiger partial charge in [0.05, 0.1) is 16.4 Å². The van der Waals surface area contributed by atoms with Gasteiger partial charge >= 0.3 is 5.97 Å². The summed E-state index contributed by atoms with van der Waals surface area (Å²) >= 11 is 8.38. The molecule has 1 aliphatic carbocycles. The van der Waals surface area contributed by atoms with Gasteiger partial charge in [-0.25, -0.2) is 9.48 Å². The summed E-state index contributed by atoms with van der Waals surface area (Å²) in [6.45, 7) is 0. The molecule has 1 aromatic carbocycles. The lowest BCUT2D eigenvalue weighted by Crippen LogP contribution is -2.06. The number of hydrogen-bond donors (Lipinski definition) is 1. The molecule has 0 atom stereocenters. The van der Waals surface area contributed by atoms with Crippen molar-refractivity contribution in [2.24, 2.45) is 0 Å².